The van der Waals surface area contributed by atoms with Crippen LogP contribution < -0.4 is 10.1 Å². The predicted molar refractivity (Wildman–Crippen MR) is 115 cm³/mol. The smallest absolute Gasteiger partial charge is 0.252 e. The van der Waals surface area contributed by atoms with Gasteiger partial charge < -0.3 is 24.4 Å². The molecule has 0 aliphatic carbocycles. The third-order valence-electron chi connectivity index (χ3n) is 5.55. The number of rotatable bonds is 7. The number of carbonyl (C=O) groups is 2. The molecular formula is C24H28N2O5. The van der Waals surface area contributed by atoms with E-state index in [4.69, 9.17) is 14.2 Å². The fourth-order valence-electron chi connectivity index (χ4n) is 3.78. The zero-order valence-electron chi connectivity index (χ0n) is 17.5. The number of carbonyl (C=O) groups excluding carboxylic acids is 2. The highest BCUT2D eigenvalue weighted by molar-refractivity contribution is 5.98. The van der Waals surface area contributed by atoms with Gasteiger partial charge in [0, 0.05) is 25.3 Å². The molecule has 1 N–H and O–H groups in total. The summed E-state index contributed by atoms with van der Waals surface area (Å²) in [6.45, 7) is 3.36. The molecule has 0 spiro atoms. The molecule has 7 nitrogen and oxygen atoms in total. The van der Waals surface area contributed by atoms with Gasteiger partial charge in [-0.05, 0) is 42.7 Å². The lowest BCUT2D eigenvalue weighted by atomic mass is 10.0. The number of nitrogens with one attached hydrogen (secondary N) is 1. The zero-order chi connectivity index (χ0) is 21.5. The summed E-state index contributed by atoms with van der Waals surface area (Å²) in [5.74, 6) is 0.261. The highest BCUT2D eigenvalue weighted by Gasteiger charge is 2.29. The summed E-state index contributed by atoms with van der Waals surface area (Å²) in [6, 6.07) is 15.5. The minimum Gasteiger partial charge on any atom is -0.491 e. The van der Waals surface area contributed by atoms with Crippen molar-refractivity contribution in [2.75, 3.05) is 39.5 Å². The topological polar surface area (TPSA) is 77.1 Å². The fourth-order valence-corrected chi connectivity index (χ4v) is 3.78. The van der Waals surface area contributed by atoms with Crippen molar-refractivity contribution in [1.29, 1.82) is 0 Å². The molecule has 2 aromatic rings. The van der Waals surface area contributed by atoms with Gasteiger partial charge in [-0.3, -0.25) is 9.59 Å². The van der Waals surface area contributed by atoms with Crippen LogP contribution in [0.25, 0.3) is 0 Å². The Hall–Kier alpha value is -2.90. The molecule has 0 saturated carbocycles. The number of benzene rings is 2. The summed E-state index contributed by atoms with van der Waals surface area (Å²) in [7, 11) is 0. The van der Waals surface area contributed by atoms with E-state index in [1.165, 1.54) is 0 Å². The lowest BCUT2D eigenvalue weighted by Crippen LogP contribution is -2.47. The first kappa shape index (κ1) is 21.3. The van der Waals surface area contributed by atoms with Crippen LogP contribution in [0.5, 0.6) is 5.75 Å². The van der Waals surface area contributed by atoms with Gasteiger partial charge in [-0.15, -0.1) is 0 Å². The maximum absolute atomic E-state index is 13.2. The van der Waals surface area contributed by atoms with Gasteiger partial charge in [0.15, 0.2) is 0 Å². The molecule has 2 aliphatic rings. The zero-order valence-corrected chi connectivity index (χ0v) is 17.5. The van der Waals surface area contributed by atoms with Crippen LogP contribution in [0.2, 0.25) is 0 Å². The lowest BCUT2D eigenvalue weighted by molar-refractivity contribution is -0.137. The van der Waals surface area contributed by atoms with Crippen molar-refractivity contribution in [3.8, 4) is 5.75 Å². The van der Waals surface area contributed by atoms with E-state index >= 15 is 0 Å². The van der Waals surface area contributed by atoms with E-state index in [9.17, 15) is 9.59 Å². The molecule has 0 bridgehead atoms. The molecule has 2 aromatic carbocycles. The van der Waals surface area contributed by atoms with Crippen molar-refractivity contribution in [3.63, 3.8) is 0 Å². The molecule has 2 heterocycles. The van der Waals surface area contributed by atoms with Crippen molar-refractivity contribution < 1.29 is 23.8 Å². The van der Waals surface area contributed by atoms with Crippen LogP contribution in [0, 0.1) is 0 Å². The second kappa shape index (κ2) is 10.4. The fraction of sp³-hybridized carbons (Fsp3) is 0.417. The first-order valence-electron chi connectivity index (χ1n) is 10.8. The largest absolute Gasteiger partial charge is 0.491 e. The Morgan fingerprint density at radius 2 is 1.77 bits per heavy atom. The second-order valence-electron chi connectivity index (χ2n) is 7.73. The summed E-state index contributed by atoms with van der Waals surface area (Å²) < 4.78 is 16.7. The van der Waals surface area contributed by atoms with Crippen molar-refractivity contribution in [1.82, 2.24) is 10.2 Å². The normalized spacial score (nSPS) is 19.6. The summed E-state index contributed by atoms with van der Waals surface area (Å²) in [5.41, 5.74) is 1.23. The highest BCUT2D eigenvalue weighted by atomic mass is 16.5. The molecule has 7 heteroatoms. The third-order valence-corrected chi connectivity index (χ3v) is 5.55. The molecule has 2 amide bonds. The van der Waals surface area contributed by atoms with Crippen LogP contribution >= 0.6 is 0 Å². The van der Waals surface area contributed by atoms with Crippen molar-refractivity contribution in [2.45, 2.75) is 25.0 Å². The maximum Gasteiger partial charge on any atom is 0.252 e. The van der Waals surface area contributed by atoms with Gasteiger partial charge in [0.2, 0.25) is 5.91 Å². The number of amides is 2. The van der Waals surface area contributed by atoms with E-state index in [-0.39, 0.29) is 17.9 Å². The molecule has 0 aromatic heterocycles. The monoisotopic (exact) mass is 424 g/mol. The van der Waals surface area contributed by atoms with E-state index < -0.39 is 6.04 Å². The molecule has 31 heavy (non-hydrogen) atoms. The molecule has 0 radical (unpaired) electrons. The summed E-state index contributed by atoms with van der Waals surface area (Å²) >= 11 is 0. The number of hydrogen-bond donors (Lipinski definition) is 1. The van der Waals surface area contributed by atoms with E-state index in [0.29, 0.717) is 44.2 Å². The molecule has 0 unspecified atom stereocenters. The van der Waals surface area contributed by atoms with Crippen LogP contribution in [-0.4, -0.2) is 62.3 Å². The van der Waals surface area contributed by atoms with Crippen LogP contribution in [0.4, 0.5) is 0 Å². The predicted octanol–water partition coefficient (Wildman–Crippen LogP) is 2.57. The van der Waals surface area contributed by atoms with Gasteiger partial charge >= 0.3 is 0 Å². The maximum atomic E-state index is 13.2. The van der Waals surface area contributed by atoms with Gasteiger partial charge in [0.25, 0.3) is 5.91 Å². The highest BCUT2D eigenvalue weighted by Crippen LogP contribution is 2.20. The number of morpholine rings is 1. The molecule has 4 rings (SSSR count). The van der Waals surface area contributed by atoms with Crippen molar-refractivity contribution >= 4 is 11.8 Å². The van der Waals surface area contributed by atoms with Crippen LogP contribution in [0.1, 0.15) is 34.8 Å². The van der Waals surface area contributed by atoms with E-state index in [1.54, 1.807) is 29.2 Å². The Bertz CT molecular complexity index is 859. The van der Waals surface area contributed by atoms with Gasteiger partial charge in [-0.2, -0.15) is 0 Å². The van der Waals surface area contributed by atoms with Crippen LogP contribution in [0.15, 0.2) is 54.6 Å². The van der Waals surface area contributed by atoms with Crippen molar-refractivity contribution in [2.24, 2.45) is 0 Å². The average molecular weight is 424 g/mol. The van der Waals surface area contributed by atoms with Crippen molar-refractivity contribution in [3.05, 3.63) is 65.7 Å². The molecule has 2 fully saturated rings. The number of hydrogen-bond acceptors (Lipinski definition) is 5. The second-order valence-corrected chi connectivity index (χ2v) is 7.73. The first-order chi connectivity index (χ1) is 15.2. The standard InChI is InChI=1S/C24H28N2O5/c27-23(19-8-10-20(11-9-19)31-17-21-7-4-14-30-21)25-22(18-5-2-1-3-6-18)24(28)26-12-15-29-16-13-26/h1-3,5-6,8-11,21-22H,4,7,12-17H2,(H,25,27)/t21-,22+/m0/s1. The van der Waals surface area contributed by atoms with Gasteiger partial charge in [0.1, 0.15) is 18.4 Å². The van der Waals surface area contributed by atoms with E-state index in [0.717, 1.165) is 25.0 Å². The van der Waals surface area contributed by atoms with E-state index in [1.807, 2.05) is 30.3 Å². The van der Waals surface area contributed by atoms with Gasteiger partial charge in [-0.25, -0.2) is 0 Å². The Morgan fingerprint density at radius 3 is 2.45 bits per heavy atom. The third kappa shape index (κ3) is 5.62. The van der Waals surface area contributed by atoms with E-state index in [2.05, 4.69) is 5.32 Å². The van der Waals surface area contributed by atoms with Crippen LogP contribution in [0.3, 0.4) is 0 Å². The molecule has 164 valence electrons. The molecular weight excluding hydrogens is 396 g/mol. The summed E-state index contributed by atoms with van der Waals surface area (Å²) in [4.78, 5) is 27.8. The SMILES string of the molecule is O=C(N[C@@H](C(=O)N1CCOCC1)c1ccccc1)c1ccc(OC[C@@H]2CCCO2)cc1. The number of nitrogens with zero attached hydrogens (tertiary/aromatic N) is 1. The Labute approximate surface area is 182 Å². The minimum atomic E-state index is -0.748. The first-order valence-corrected chi connectivity index (χ1v) is 10.8. The minimum absolute atomic E-state index is 0.126. The number of ether oxygens (including phenoxy) is 3. The average Bonchev–Trinajstić information content (AvgIpc) is 3.36. The molecule has 2 aliphatic heterocycles. The molecule has 2 saturated heterocycles. The quantitative estimate of drug-likeness (QED) is 0.739. The van der Waals surface area contributed by atoms with Gasteiger partial charge in [0.05, 0.1) is 19.3 Å². The Morgan fingerprint density at radius 1 is 1.03 bits per heavy atom. The van der Waals surface area contributed by atoms with Crippen LogP contribution in [-0.2, 0) is 14.3 Å². The Kier molecular flexibility index (Phi) is 7.17. The lowest BCUT2D eigenvalue weighted by Gasteiger charge is -2.31. The summed E-state index contributed by atoms with van der Waals surface area (Å²) in [5, 5.41) is 2.91. The molecule has 2 atom stereocenters. The van der Waals surface area contributed by atoms with Gasteiger partial charge in [-0.1, -0.05) is 30.3 Å². The Balaban J connectivity index is 1.42. The summed E-state index contributed by atoms with van der Waals surface area (Å²) in [6.07, 6.45) is 2.22.